The maximum Gasteiger partial charge on any atom is 0.317 e. The van der Waals surface area contributed by atoms with Crippen LogP contribution in [0.4, 0.5) is 4.79 Å². The van der Waals surface area contributed by atoms with E-state index in [0.717, 1.165) is 19.5 Å². The molecule has 92 valence electrons. The van der Waals surface area contributed by atoms with Crippen molar-refractivity contribution in [1.82, 2.24) is 10.2 Å². The smallest absolute Gasteiger partial charge is 0.317 e. The van der Waals surface area contributed by atoms with Crippen molar-refractivity contribution in [3.63, 3.8) is 0 Å². The first kappa shape index (κ1) is 12.8. The minimum Gasteiger partial charge on any atom is -0.386 e. The van der Waals surface area contributed by atoms with Crippen LogP contribution in [0, 0.1) is 11.3 Å². The third-order valence-electron chi connectivity index (χ3n) is 3.03. The Morgan fingerprint density at radius 3 is 2.88 bits per heavy atom. The molecule has 2 unspecified atom stereocenters. The van der Waals surface area contributed by atoms with Gasteiger partial charge >= 0.3 is 6.03 Å². The molecule has 0 radical (unpaired) electrons. The molecule has 16 heavy (non-hydrogen) atoms. The Labute approximate surface area is 96.9 Å². The average Bonchev–Trinajstić information content (AvgIpc) is 2.25. The van der Waals surface area contributed by atoms with Gasteiger partial charge in [-0.25, -0.2) is 4.79 Å². The van der Waals surface area contributed by atoms with Crippen LogP contribution in [0.1, 0.15) is 33.1 Å². The SMILES string of the molecule is CCC(NC(=O)N1CCCC(C)C1)C(=N)N. The van der Waals surface area contributed by atoms with Crippen molar-refractivity contribution in [3.8, 4) is 0 Å². The van der Waals surface area contributed by atoms with Crippen LogP contribution >= 0.6 is 0 Å². The standard InChI is InChI=1S/C11H22N4O/c1-3-9(10(12)13)14-11(16)15-6-4-5-8(2)7-15/h8-9H,3-7H2,1-2H3,(H3,12,13)(H,14,16). The van der Waals surface area contributed by atoms with Crippen LogP contribution in [-0.2, 0) is 0 Å². The van der Waals surface area contributed by atoms with E-state index in [1.165, 1.54) is 6.42 Å². The van der Waals surface area contributed by atoms with Crippen LogP contribution < -0.4 is 11.1 Å². The van der Waals surface area contributed by atoms with Crippen molar-refractivity contribution in [2.45, 2.75) is 39.2 Å². The average molecular weight is 226 g/mol. The lowest BCUT2D eigenvalue weighted by Crippen LogP contribution is -2.51. The van der Waals surface area contributed by atoms with E-state index in [9.17, 15) is 4.79 Å². The summed E-state index contributed by atoms with van der Waals surface area (Å²) < 4.78 is 0. The summed E-state index contributed by atoms with van der Waals surface area (Å²) in [6, 6.07) is -0.418. The lowest BCUT2D eigenvalue weighted by atomic mass is 10.0. The van der Waals surface area contributed by atoms with Crippen molar-refractivity contribution < 1.29 is 4.79 Å². The van der Waals surface area contributed by atoms with Gasteiger partial charge in [0.2, 0.25) is 0 Å². The number of amidine groups is 1. The Kier molecular flexibility index (Phi) is 4.58. The van der Waals surface area contributed by atoms with Gasteiger partial charge in [-0.05, 0) is 25.2 Å². The first-order chi connectivity index (χ1) is 7.54. The van der Waals surface area contributed by atoms with E-state index < -0.39 is 0 Å². The molecule has 0 spiro atoms. The van der Waals surface area contributed by atoms with Crippen LogP contribution in [0.5, 0.6) is 0 Å². The highest BCUT2D eigenvalue weighted by atomic mass is 16.2. The minimum absolute atomic E-state index is 0.0286. The normalized spacial score (nSPS) is 22.6. The molecule has 4 N–H and O–H groups in total. The van der Waals surface area contributed by atoms with Gasteiger partial charge in [-0.15, -0.1) is 0 Å². The van der Waals surface area contributed by atoms with Crippen LogP contribution in [0.3, 0.4) is 0 Å². The molecule has 1 aliphatic rings. The molecule has 1 saturated heterocycles. The molecule has 1 rings (SSSR count). The molecule has 0 aromatic heterocycles. The lowest BCUT2D eigenvalue weighted by Gasteiger charge is -2.32. The summed E-state index contributed by atoms with van der Waals surface area (Å²) in [6.07, 6.45) is 2.91. The fraction of sp³-hybridized carbons (Fsp3) is 0.818. The zero-order chi connectivity index (χ0) is 12.1. The summed E-state index contributed by atoms with van der Waals surface area (Å²) in [5, 5.41) is 10.1. The molecule has 1 aliphatic heterocycles. The number of hydrogen-bond donors (Lipinski definition) is 3. The van der Waals surface area contributed by atoms with Gasteiger partial charge in [-0.2, -0.15) is 0 Å². The fourth-order valence-corrected chi connectivity index (χ4v) is 2.01. The van der Waals surface area contributed by atoms with E-state index in [2.05, 4.69) is 12.2 Å². The van der Waals surface area contributed by atoms with Gasteiger partial charge in [0.1, 0.15) is 5.84 Å². The Morgan fingerprint density at radius 2 is 2.38 bits per heavy atom. The molecular formula is C11H22N4O. The summed E-state index contributed by atoms with van der Waals surface area (Å²) in [6.45, 7) is 5.68. The van der Waals surface area contributed by atoms with Crippen molar-refractivity contribution in [1.29, 1.82) is 5.41 Å². The molecule has 5 heteroatoms. The number of carbonyl (C=O) groups is 1. The van der Waals surface area contributed by atoms with Crippen molar-refractivity contribution in [3.05, 3.63) is 0 Å². The van der Waals surface area contributed by atoms with Gasteiger partial charge in [0.15, 0.2) is 0 Å². The highest BCUT2D eigenvalue weighted by Crippen LogP contribution is 2.15. The van der Waals surface area contributed by atoms with Crippen LogP contribution in [0.15, 0.2) is 0 Å². The maximum atomic E-state index is 11.9. The first-order valence-corrected chi connectivity index (χ1v) is 5.94. The molecule has 1 heterocycles. The number of likely N-dealkylation sites (tertiary alicyclic amines) is 1. The lowest BCUT2D eigenvalue weighted by molar-refractivity contribution is 0.168. The van der Waals surface area contributed by atoms with Gasteiger partial charge in [-0.3, -0.25) is 5.41 Å². The largest absolute Gasteiger partial charge is 0.386 e. The summed E-state index contributed by atoms with van der Waals surface area (Å²) in [5.41, 5.74) is 5.40. The number of rotatable bonds is 3. The van der Waals surface area contributed by atoms with Gasteiger partial charge in [0.25, 0.3) is 0 Å². The number of hydrogen-bond acceptors (Lipinski definition) is 2. The summed E-state index contributed by atoms with van der Waals surface area (Å²) in [7, 11) is 0. The van der Waals surface area contributed by atoms with E-state index in [1.807, 2.05) is 11.8 Å². The topological polar surface area (TPSA) is 82.2 Å². The number of amides is 2. The predicted octanol–water partition coefficient (Wildman–Crippen LogP) is 1.14. The number of nitrogens with two attached hydrogens (primary N) is 1. The first-order valence-electron chi connectivity index (χ1n) is 5.94. The van der Waals surface area contributed by atoms with E-state index in [-0.39, 0.29) is 17.9 Å². The number of nitrogens with zero attached hydrogens (tertiary/aromatic N) is 1. The van der Waals surface area contributed by atoms with Gasteiger partial charge in [0, 0.05) is 13.1 Å². The number of urea groups is 1. The molecule has 0 aromatic carbocycles. The molecule has 2 atom stereocenters. The highest BCUT2D eigenvalue weighted by Gasteiger charge is 2.23. The van der Waals surface area contributed by atoms with Gasteiger partial charge in [0.05, 0.1) is 6.04 Å². The Morgan fingerprint density at radius 1 is 1.69 bits per heavy atom. The predicted molar refractivity (Wildman–Crippen MR) is 64.5 cm³/mol. The zero-order valence-electron chi connectivity index (χ0n) is 10.1. The molecule has 1 fully saturated rings. The van der Waals surface area contributed by atoms with E-state index >= 15 is 0 Å². The van der Waals surface area contributed by atoms with E-state index in [4.69, 9.17) is 11.1 Å². The molecule has 0 aromatic rings. The highest BCUT2D eigenvalue weighted by molar-refractivity contribution is 5.87. The van der Waals surface area contributed by atoms with Crippen LogP contribution in [0.2, 0.25) is 0 Å². The second kappa shape index (κ2) is 5.72. The monoisotopic (exact) mass is 226 g/mol. The van der Waals surface area contributed by atoms with Crippen LogP contribution in [0.25, 0.3) is 0 Å². The number of carbonyl (C=O) groups excluding carboxylic acids is 1. The summed E-state index contributed by atoms with van der Waals surface area (Å²) in [4.78, 5) is 13.7. The second-order valence-electron chi connectivity index (χ2n) is 4.56. The molecule has 0 bridgehead atoms. The van der Waals surface area contributed by atoms with E-state index in [0.29, 0.717) is 12.3 Å². The van der Waals surface area contributed by atoms with Gasteiger partial charge in [-0.1, -0.05) is 13.8 Å². The fourth-order valence-electron chi connectivity index (χ4n) is 2.01. The summed E-state index contributed by atoms with van der Waals surface area (Å²) >= 11 is 0. The molecule has 2 amide bonds. The molecule has 0 aliphatic carbocycles. The van der Waals surface area contributed by atoms with Gasteiger partial charge < -0.3 is 16.0 Å². The number of nitrogens with one attached hydrogen (secondary N) is 2. The molecular weight excluding hydrogens is 204 g/mol. The Balaban J connectivity index is 2.47. The van der Waals surface area contributed by atoms with Crippen molar-refractivity contribution in [2.24, 2.45) is 11.7 Å². The van der Waals surface area contributed by atoms with Crippen molar-refractivity contribution in [2.75, 3.05) is 13.1 Å². The third-order valence-corrected chi connectivity index (χ3v) is 3.03. The molecule has 0 saturated carbocycles. The number of piperidine rings is 1. The minimum atomic E-state index is -0.329. The summed E-state index contributed by atoms with van der Waals surface area (Å²) in [5.74, 6) is 0.595. The second-order valence-corrected chi connectivity index (χ2v) is 4.56. The van der Waals surface area contributed by atoms with Crippen molar-refractivity contribution >= 4 is 11.9 Å². The molecule has 5 nitrogen and oxygen atoms in total. The maximum absolute atomic E-state index is 11.9. The zero-order valence-corrected chi connectivity index (χ0v) is 10.1. The Hall–Kier alpha value is -1.26. The van der Waals surface area contributed by atoms with Crippen LogP contribution in [-0.4, -0.2) is 35.9 Å². The Bertz CT molecular complexity index is 267. The third kappa shape index (κ3) is 3.40. The van der Waals surface area contributed by atoms with E-state index in [1.54, 1.807) is 0 Å². The quantitative estimate of drug-likeness (QED) is 0.498.